The Kier molecular flexibility index (Phi) is 6.90. The molecule has 2 saturated carbocycles. The van der Waals surface area contributed by atoms with Gasteiger partial charge in [0.1, 0.15) is 11.4 Å². The molecule has 2 aliphatic rings. The van der Waals surface area contributed by atoms with Crippen molar-refractivity contribution in [3.63, 3.8) is 0 Å². The number of aromatic nitrogens is 1. The van der Waals surface area contributed by atoms with E-state index >= 15 is 0 Å². The van der Waals surface area contributed by atoms with Crippen molar-refractivity contribution < 1.29 is 26.7 Å². The highest BCUT2D eigenvalue weighted by molar-refractivity contribution is 5.99. The number of hydrogen-bond acceptors (Lipinski definition) is 4. The summed E-state index contributed by atoms with van der Waals surface area (Å²) in [5, 5.41) is 5.63. The molecule has 4 rings (SSSR count). The quantitative estimate of drug-likeness (QED) is 0.511. The molecule has 6 nitrogen and oxygen atoms in total. The van der Waals surface area contributed by atoms with Crippen LogP contribution >= 0.6 is 0 Å². The molecule has 2 fully saturated rings. The van der Waals surface area contributed by atoms with Gasteiger partial charge in [-0.1, -0.05) is 18.2 Å². The number of nitrogens with one attached hydrogen (secondary N) is 2. The van der Waals surface area contributed by atoms with E-state index in [-0.39, 0.29) is 35.7 Å². The van der Waals surface area contributed by atoms with E-state index in [1.54, 1.807) is 0 Å². The second-order valence-corrected chi connectivity index (χ2v) is 9.45. The summed E-state index contributed by atoms with van der Waals surface area (Å²) in [6, 6.07) is 4.95. The molecule has 35 heavy (non-hydrogen) atoms. The number of amides is 1. The molecule has 0 atom stereocenters. The van der Waals surface area contributed by atoms with Gasteiger partial charge in [-0.15, -0.1) is 0 Å². The van der Waals surface area contributed by atoms with Gasteiger partial charge in [-0.3, -0.25) is 9.59 Å². The smallest absolute Gasteiger partial charge is 0.266 e. The van der Waals surface area contributed by atoms with Crippen LogP contribution in [0.3, 0.4) is 0 Å². The summed E-state index contributed by atoms with van der Waals surface area (Å²) in [5.41, 5.74) is -3.07. The summed E-state index contributed by atoms with van der Waals surface area (Å²) in [6.45, 7) is -0.393. The van der Waals surface area contributed by atoms with Crippen molar-refractivity contribution in [1.29, 1.82) is 0 Å². The molecule has 0 spiro atoms. The first-order chi connectivity index (χ1) is 16.5. The molecule has 0 saturated heterocycles. The first-order valence-electron chi connectivity index (χ1n) is 11.4. The molecule has 1 aromatic heterocycles. The minimum Gasteiger partial charge on any atom is -0.381 e. The van der Waals surface area contributed by atoms with Gasteiger partial charge in [0.25, 0.3) is 24.3 Å². The number of pyridine rings is 1. The van der Waals surface area contributed by atoms with E-state index in [1.807, 2.05) is 14.1 Å². The average Bonchev–Trinajstić information content (AvgIpc) is 3.56. The minimum atomic E-state index is -3.01. The van der Waals surface area contributed by atoms with Gasteiger partial charge >= 0.3 is 0 Å². The maximum atomic E-state index is 14.4. The van der Waals surface area contributed by atoms with Crippen LogP contribution in [0.2, 0.25) is 0 Å². The van der Waals surface area contributed by atoms with Crippen molar-refractivity contribution in [3.05, 3.63) is 63.3 Å². The molecule has 0 unspecified atom stereocenters. The number of hydrogen-bond donors (Lipinski definition) is 2. The summed E-state index contributed by atoms with van der Waals surface area (Å²) in [4.78, 5) is 27.9. The highest BCUT2D eigenvalue weighted by Crippen LogP contribution is 2.48. The molecular weight excluding hydrogens is 471 g/mol. The molecule has 2 aliphatic carbocycles. The maximum Gasteiger partial charge on any atom is 0.266 e. The lowest BCUT2D eigenvalue weighted by atomic mass is 9.85. The number of carbonyl (C=O) groups excluding carboxylic acids is 1. The lowest BCUT2D eigenvalue weighted by Crippen LogP contribution is -2.47. The second kappa shape index (κ2) is 9.60. The fourth-order valence-electron chi connectivity index (χ4n) is 4.40. The zero-order chi connectivity index (χ0) is 25.5. The first-order valence-corrected chi connectivity index (χ1v) is 11.4. The SMILES string of the molecule is CN(C)C1CC(Nc2cc(=O)n(C3(C(F)F)CC3)cc2C(=O)NCc2cccc(C(F)F)c2F)C1. The molecule has 190 valence electrons. The number of alkyl halides is 4. The zero-order valence-corrected chi connectivity index (χ0v) is 19.3. The Hall–Kier alpha value is -2.95. The highest BCUT2D eigenvalue weighted by atomic mass is 19.3. The number of halogens is 5. The Morgan fingerprint density at radius 2 is 1.89 bits per heavy atom. The maximum absolute atomic E-state index is 14.4. The van der Waals surface area contributed by atoms with Crippen LogP contribution in [0, 0.1) is 5.82 Å². The van der Waals surface area contributed by atoms with Gasteiger partial charge in [-0.2, -0.15) is 0 Å². The van der Waals surface area contributed by atoms with Crippen molar-refractivity contribution in [1.82, 2.24) is 14.8 Å². The number of nitrogens with zero attached hydrogens (tertiary/aromatic N) is 2. The van der Waals surface area contributed by atoms with Crippen LogP contribution < -0.4 is 16.2 Å². The Morgan fingerprint density at radius 1 is 1.20 bits per heavy atom. The Balaban J connectivity index is 1.60. The fourth-order valence-corrected chi connectivity index (χ4v) is 4.40. The average molecular weight is 498 g/mol. The third-order valence-electron chi connectivity index (χ3n) is 6.93. The molecule has 11 heteroatoms. The number of rotatable bonds is 9. The molecular formula is C24H27F5N4O2. The van der Waals surface area contributed by atoms with Gasteiger partial charge in [-0.25, -0.2) is 22.0 Å². The van der Waals surface area contributed by atoms with E-state index in [4.69, 9.17) is 0 Å². The monoisotopic (exact) mass is 498 g/mol. The van der Waals surface area contributed by atoms with Gasteiger partial charge < -0.3 is 20.1 Å². The van der Waals surface area contributed by atoms with Crippen LogP contribution in [0.1, 0.15) is 53.6 Å². The molecule has 0 bridgehead atoms. The van der Waals surface area contributed by atoms with Crippen LogP contribution in [0.5, 0.6) is 0 Å². The molecule has 1 heterocycles. The van der Waals surface area contributed by atoms with E-state index in [0.717, 1.165) is 35.7 Å². The predicted octanol–water partition coefficient (Wildman–Crippen LogP) is 4.11. The van der Waals surface area contributed by atoms with Crippen molar-refractivity contribution in [2.24, 2.45) is 0 Å². The zero-order valence-electron chi connectivity index (χ0n) is 19.3. The van der Waals surface area contributed by atoms with Crippen LogP contribution in [0.15, 0.2) is 35.3 Å². The van der Waals surface area contributed by atoms with Gasteiger partial charge in [0.05, 0.1) is 16.8 Å². The van der Waals surface area contributed by atoms with E-state index < -0.39 is 47.8 Å². The molecule has 1 aromatic carbocycles. The summed E-state index contributed by atoms with van der Waals surface area (Å²) >= 11 is 0. The minimum absolute atomic E-state index is 0.0191. The third kappa shape index (κ3) is 4.91. The van der Waals surface area contributed by atoms with Gasteiger partial charge in [0.15, 0.2) is 0 Å². The summed E-state index contributed by atoms with van der Waals surface area (Å²) < 4.78 is 68.7. The molecule has 2 N–H and O–H groups in total. The second-order valence-electron chi connectivity index (χ2n) is 9.45. The summed E-state index contributed by atoms with van der Waals surface area (Å²) in [5.74, 6) is -1.86. The highest BCUT2D eigenvalue weighted by Gasteiger charge is 2.53. The van der Waals surface area contributed by atoms with E-state index in [0.29, 0.717) is 6.04 Å². The van der Waals surface area contributed by atoms with Crippen LogP contribution in [0.25, 0.3) is 0 Å². The van der Waals surface area contributed by atoms with Crippen molar-refractivity contribution in [3.8, 4) is 0 Å². The molecule has 0 radical (unpaired) electrons. The van der Waals surface area contributed by atoms with Gasteiger partial charge in [-0.05, 0) is 39.8 Å². The fraction of sp³-hybridized carbons (Fsp3) is 0.500. The molecule has 0 aliphatic heterocycles. The van der Waals surface area contributed by atoms with Gasteiger partial charge in [0, 0.05) is 36.5 Å². The number of carbonyl (C=O) groups is 1. The van der Waals surface area contributed by atoms with Crippen LogP contribution in [-0.2, 0) is 12.1 Å². The predicted molar refractivity (Wildman–Crippen MR) is 121 cm³/mol. The Labute approximate surface area is 199 Å². The van der Waals surface area contributed by atoms with Gasteiger partial charge in [0.2, 0.25) is 0 Å². The number of benzene rings is 1. The van der Waals surface area contributed by atoms with E-state index in [9.17, 15) is 31.5 Å². The Bertz CT molecular complexity index is 1160. The van der Waals surface area contributed by atoms with Crippen LogP contribution in [0.4, 0.5) is 27.6 Å². The van der Waals surface area contributed by atoms with E-state index in [1.165, 1.54) is 12.1 Å². The summed E-state index contributed by atoms with van der Waals surface area (Å²) in [6.07, 6.45) is -2.93. The third-order valence-corrected chi connectivity index (χ3v) is 6.93. The summed E-state index contributed by atoms with van der Waals surface area (Å²) in [7, 11) is 3.89. The lowest BCUT2D eigenvalue weighted by Gasteiger charge is -2.40. The number of anilines is 1. The van der Waals surface area contributed by atoms with Crippen LogP contribution in [-0.4, -0.2) is 48.0 Å². The first kappa shape index (κ1) is 25.2. The topological polar surface area (TPSA) is 66.4 Å². The van der Waals surface area contributed by atoms with Crippen molar-refractivity contribution in [2.75, 3.05) is 19.4 Å². The van der Waals surface area contributed by atoms with E-state index in [2.05, 4.69) is 15.5 Å². The lowest BCUT2D eigenvalue weighted by molar-refractivity contribution is 0.0648. The standard InChI is InChI=1S/C24H27F5N4O2/c1-32(2)15-8-14(9-15)31-18-10-19(34)33(24(6-7-24)23(28)29)12-17(18)22(35)30-11-13-4-3-5-16(20(13)25)21(26)27/h3-5,10,12,14-15,21,23,31H,6-9,11H2,1-2H3,(H,30,35). The Morgan fingerprint density at radius 3 is 2.46 bits per heavy atom. The van der Waals surface area contributed by atoms with Crippen molar-refractivity contribution >= 4 is 11.6 Å². The largest absolute Gasteiger partial charge is 0.381 e. The van der Waals surface area contributed by atoms with Crippen molar-refractivity contribution in [2.45, 2.75) is 62.7 Å². The molecule has 2 aromatic rings. The normalized spacial score (nSPS) is 20.7. The molecule has 1 amide bonds.